The van der Waals surface area contributed by atoms with E-state index in [9.17, 15) is 14.4 Å². The van der Waals surface area contributed by atoms with E-state index in [1.807, 2.05) is 161 Å². The first-order chi connectivity index (χ1) is 54.3. The maximum atomic E-state index is 13.0. The number of methoxy groups -OCH3 is 3. The molecule has 9 aromatic carbocycles. The van der Waals surface area contributed by atoms with Crippen molar-refractivity contribution in [2.75, 3.05) is 87.3 Å². The minimum Gasteiger partial charge on any atom is -0.496 e. The standard InChI is InChI=1S/C28H28N4O3.C22H25N5O2.C20H24N2O2.C14H10N2O2.C2H3N.CH4O.H3N/c1-29-31-27(35-23-13-7-4-8-14-23)32-19-17-28(18-20-32,22-11-5-3-6-12-22)21-30-26(33)24-15-9-10-16-25(24)34-2;1-24-26-21(23)27-14-12-22(13-15-27,17-8-4-3-5-9-17)16-25-20(28)18-10-6-7-11-19(18)29-2;1-24-18-10-6-5-9-17(18)19(23)22-15-20(11-13-21-14-12-20)16-7-3-2-4-8-16;1-15-16-14(17-12-8-4-2-5-9-12)18-13-10-6-3-7-11-13;1-2-3;1-2;/h3-16H,17-21H2,2H3,(H,30,33);3-11H,12-16H2,2H3,(H2,23,26)(H,25,28);2-10,21H,11-15H2,1H3,(H,22,23);2-11H;1H3;2H,1H3;1H3/b31-27+;;;;;;. The number of carbonyl (C=O) groups excluding carboxylic acids is 3. The molecule has 0 atom stereocenters. The molecule has 0 saturated carbocycles. The fourth-order valence-corrected chi connectivity index (χ4v) is 13.0. The number of aliphatic hydroxyl groups excluding tert-OH is 1. The number of para-hydroxylation sites is 6. The van der Waals surface area contributed by atoms with Crippen LogP contribution in [0, 0.1) is 31.0 Å². The quantitative estimate of drug-likeness (QED) is 0.0182. The first kappa shape index (κ1) is 87.4. The van der Waals surface area contributed by atoms with Crippen LogP contribution in [0.3, 0.4) is 0 Å². The zero-order valence-electron chi connectivity index (χ0n) is 63.8. The third-order valence-electron chi connectivity index (χ3n) is 18.8. The van der Waals surface area contributed by atoms with Crippen LogP contribution in [0.15, 0.2) is 270 Å². The van der Waals surface area contributed by atoms with Crippen molar-refractivity contribution in [3.8, 4) is 40.6 Å². The number of amides is 3. The fourth-order valence-electron chi connectivity index (χ4n) is 13.0. The number of nitrogens with zero attached hydrogens (tertiary/aromatic N) is 9. The van der Waals surface area contributed by atoms with Crippen molar-refractivity contribution in [2.24, 2.45) is 21.0 Å². The normalized spacial score (nSPS) is 13.9. The van der Waals surface area contributed by atoms with Gasteiger partial charge in [-0.05, 0) is 141 Å². The van der Waals surface area contributed by atoms with E-state index < -0.39 is 0 Å². The highest BCUT2D eigenvalue weighted by molar-refractivity contribution is 5.98. The summed E-state index contributed by atoms with van der Waals surface area (Å²) in [6.07, 6.45) is 5.04. The molecule has 112 heavy (non-hydrogen) atoms. The first-order valence-corrected chi connectivity index (χ1v) is 35.9. The molecule has 3 saturated heterocycles. The number of nitrogens with two attached hydrogens (primary N) is 1. The predicted molar refractivity (Wildman–Crippen MR) is 436 cm³/mol. The van der Waals surface area contributed by atoms with E-state index in [0.29, 0.717) is 103 Å². The molecule has 0 unspecified atom stereocenters. The van der Waals surface area contributed by atoms with Crippen LogP contribution in [0.5, 0.6) is 34.5 Å². The summed E-state index contributed by atoms with van der Waals surface area (Å²) < 4.78 is 32.6. The Morgan fingerprint density at radius 1 is 0.446 bits per heavy atom. The van der Waals surface area contributed by atoms with Crippen LogP contribution in [0.25, 0.3) is 14.9 Å². The minimum atomic E-state index is -0.259. The van der Waals surface area contributed by atoms with E-state index in [4.69, 9.17) is 64.2 Å². The Labute approximate surface area is 656 Å². The van der Waals surface area contributed by atoms with E-state index in [2.05, 4.69) is 100.0 Å². The van der Waals surface area contributed by atoms with E-state index in [0.717, 1.165) is 58.7 Å². The number of hydrogen-bond acceptors (Lipinski definition) is 16. The van der Waals surface area contributed by atoms with Gasteiger partial charge in [0.25, 0.3) is 23.7 Å². The number of nitriles is 1. The molecule has 0 radical (unpaired) electrons. The van der Waals surface area contributed by atoms with Crippen molar-refractivity contribution in [2.45, 2.75) is 61.7 Å². The highest BCUT2D eigenvalue weighted by Crippen LogP contribution is 2.38. The third kappa shape index (κ3) is 25.8. The molecular formula is C87H97N15O10. The Bertz CT molecular complexity index is 4550. The van der Waals surface area contributed by atoms with Crippen LogP contribution < -0.4 is 61.6 Å². The van der Waals surface area contributed by atoms with Gasteiger partial charge in [0.15, 0.2) is 5.10 Å². The summed E-state index contributed by atoms with van der Waals surface area (Å²) in [7, 11) is 5.71. The second kappa shape index (κ2) is 47.3. The smallest absolute Gasteiger partial charge is 0.475 e. The zero-order chi connectivity index (χ0) is 79.4. The molecule has 3 heterocycles. The molecule has 25 nitrogen and oxygen atoms in total. The first-order valence-electron chi connectivity index (χ1n) is 35.9. The Balaban J connectivity index is 0.000000233. The lowest BCUT2D eigenvalue weighted by Crippen LogP contribution is -2.51. The Morgan fingerprint density at radius 3 is 1.04 bits per heavy atom. The van der Waals surface area contributed by atoms with Crippen molar-refractivity contribution in [3.63, 3.8) is 0 Å². The number of guanidine groups is 1. The summed E-state index contributed by atoms with van der Waals surface area (Å²) in [5.41, 5.74) is 10.7. The molecule has 9 aromatic rings. The molecule has 3 fully saturated rings. The van der Waals surface area contributed by atoms with Gasteiger partial charge in [-0.25, -0.2) is 0 Å². The molecule has 3 aliphatic heterocycles. The van der Waals surface area contributed by atoms with Crippen molar-refractivity contribution < 1.29 is 47.9 Å². The third-order valence-corrected chi connectivity index (χ3v) is 18.8. The van der Waals surface area contributed by atoms with E-state index >= 15 is 0 Å². The van der Waals surface area contributed by atoms with Gasteiger partial charge in [0, 0.05) is 76.1 Å². The lowest BCUT2D eigenvalue weighted by Gasteiger charge is -2.42. The fraction of sp³-hybridized carbons (Fsp3) is 0.264. The Kier molecular flexibility index (Phi) is 36.9. The van der Waals surface area contributed by atoms with Gasteiger partial charge in [0.2, 0.25) is 0 Å². The Hall–Kier alpha value is -13.6. The van der Waals surface area contributed by atoms with Gasteiger partial charge < -0.3 is 76.5 Å². The summed E-state index contributed by atoms with van der Waals surface area (Å²) in [5, 5.41) is 38.2. The van der Waals surface area contributed by atoms with Crippen LogP contribution in [0.1, 0.15) is 93.2 Å². The minimum absolute atomic E-state index is 0. The average molecular weight is 1510 g/mol. The molecule has 10 N–H and O–H groups in total. The maximum Gasteiger partial charge on any atom is 0.475 e. The summed E-state index contributed by atoms with van der Waals surface area (Å²) in [4.78, 5) is 51.5. The molecule has 0 spiro atoms. The number of benzene rings is 9. The van der Waals surface area contributed by atoms with Gasteiger partial charge in [-0.2, -0.15) is 25.0 Å². The number of hydrogen-bond donors (Lipinski definition) is 7. The van der Waals surface area contributed by atoms with E-state index in [1.54, 1.807) is 82.0 Å². The van der Waals surface area contributed by atoms with Crippen LogP contribution in [0.4, 0.5) is 0 Å². The van der Waals surface area contributed by atoms with Crippen LogP contribution >= 0.6 is 0 Å². The molecule has 25 heteroatoms. The van der Waals surface area contributed by atoms with E-state index in [1.165, 1.54) is 23.6 Å². The number of likely N-dealkylation sites (tertiary alicyclic amines) is 2. The number of piperidine rings is 3. The zero-order valence-corrected chi connectivity index (χ0v) is 63.8. The summed E-state index contributed by atoms with van der Waals surface area (Å²) >= 11 is 0. The predicted octanol–water partition coefficient (Wildman–Crippen LogP) is 13.7. The number of ether oxygens (including phenoxy) is 6. The van der Waals surface area contributed by atoms with Gasteiger partial charge in [0.05, 0.1) is 44.1 Å². The lowest BCUT2D eigenvalue weighted by molar-refractivity contribution is 0.0920. The van der Waals surface area contributed by atoms with Crippen molar-refractivity contribution >= 4 is 35.8 Å². The molecule has 3 aliphatic rings. The molecule has 3 amide bonds. The molecule has 12 rings (SSSR count). The van der Waals surface area contributed by atoms with Gasteiger partial charge in [-0.15, -0.1) is 14.9 Å². The molecule has 0 aromatic heterocycles. The lowest BCUT2D eigenvalue weighted by atomic mass is 9.72. The Morgan fingerprint density at radius 2 is 0.723 bits per heavy atom. The number of rotatable bonds is 18. The average Bonchev–Trinajstić information content (AvgIpc) is 0.795. The second-order valence-corrected chi connectivity index (χ2v) is 25.3. The maximum absolute atomic E-state index is 13.0. The molecule has 580 valence electrons. The van der Waals surface area contributed by atoms with Gasteiger partial charge in [-0.3, -0.25) is 14.4 Å². The summed E-state index contributed by atoms with van der Waals surface area (Å²) in [6, 6.07) is 82.2. The van der Waals surface area contributed by atoms with Gasteiger partial charge in [-0.1, -0.05) is 182 Å². The van der Waals surface area contributed by atoms with Gasteiger partial charge >= 0.3 is 12.1 Å². The highest BCUT2D eigenvalue weighted by atomic mass is 16.7. The molecule has 0 aliphatic carbocycles. The van der Waals surface area contributed by atoms with Gasteiger partial charge in [0.1, 0.15) is 44.7 Å². The number of carbonyl (C=O) groups is 3. The molecular weight excluding hydrogens is 1420 g/mol. The van der Waals surface area contributed by atoms with E-state index in [-0.39, 0.29) is 52.2 Å². The highest BCUT2D eigenvalue weighted by Gasteiger charge is 2.40. The topological polar surface area (TPSA) is 316 Å². The number of nitrogens with one attached hydrogen (secondary N) is 4. The second-order valence-electron chi connectivity index (χ2n) is 25.3. The van der Waals surface area contributed by atoms with Crippen LogP contribution in [-0.4, -0.2) is 138 Å². The largest absolute Gasteiger partial charge is 0.496 e. The van der Waals surface area contributed by atoms with Crippen LogP contribution in [-0.2, 0) is 16.2 Å². The number of aliphatic hydroxyl groups is 1. The van der Waals surface area contributed by atoms with Crippen molar-refractivity contribution in [3.05, 3.63) is 323 Å². The van der Waals surface area contributed by atoms with Crippen LogP contribution in [0.2, 0.25) is 0 Å². The van der Waals surface area contributed by atoms with Crippen molar-refractivity contribution in [1.82, 2.24) is 37.2 Å². The number of amidine groups is 1. The monoisotopic (exact) mass is 1510 g/mol. The molecule has 0 bridgehead atoms. The SMILES string of the molecule is CC#N.CO.COc1ccccc1C(=O)NCC1(c2ccccc2)CCNCC1.N.[C-]#[N+]/N=C(/N)N1CCC(CNC(=O)c2ccccc2OC)(c2ccccc2)CC1.[C-]#[N+]/N=C(/Oc1ccccc1)N1CCC(CNC(=O)c2ccccc2OC)(c2ccccc2)CC1.[C-]#[N+]N=C(Oc1ccccc1)Oc1ccccc1. The van der Waals surface area contributed by atoms with Crippen molar-refractivity contribution in [1.29, 1.82) is 5.26 Å². The summed E-state index contributed by atoms with van der Waals surface area (Å²) in [5.74, 6) is 3.32. The summed E-state index contributed by atoms with van der Waals surface area (Å²) in [6.45, 7) is 28.5.